The zero-order chi connectivity index (χ0) is 13.0. The van der Waals surface area contributed by atoms with Gasteiger partial charge >= 0.3 is 0 Å². The van der Waals surface area contributed by atoms with Crippen LogP contribution in [-0.2, 0) is 13.0 Å². The van der Waals surface area contributed by atoms with E-state index in [1.165, 1.54) is 11.3 Å². The Balaban J connectivity index is 2.09. The van der Waals surface area contributed by atoms with Gasteiger partial charge in [0.15, 0.2) is 0 Å². The molecular formula is C15H20N2O. The second-order valence-electron chi connectivity index (χ2n) is 4.67. The summed E-state index contributed by atoms with van der Waals surface area (Å²) < 4.78 is 2.21. The van der Waals surface area contributed by atoms with Gasteiger partial charge in [0.2, 0.25) is 0 Å². The Hall–Kier alpha value is -1.74. The highest BCUT2D eigenvalue weighted by molar-refractivity contribution is 5.26. The fourth-order valence-corrected chi connectivity index (χ4v) is 2.00. The van der Waals surface area contributed by atoms with E-state index in [0.29, 0.717) is 5.75 Å². The van der Waals surface area contributed by atoms with Crippen LogP contribution in [0.2, 0.25) is 0 Å². The zero-order valence-electron chi connectivity index (χ0n) is 10.7. The van der Waals surface area contributed by atoms with Crippen molar-refractivity contribution in [2.24, 2.45) is 5.73 Å². The van der Waals surface area contributed by atoms with Gasteiger partial charge in [-0.25, -0.2) is 0 Å². The van der Waals surface area contributed by atoms with Crippen molar-refractivity contribution in [2.45, 2.75) is 32.4 Å². The number of hydrogen-bond acceptors (Lipinski definition) is 2. The van der Waals surface area contributed by atoms with Gasteiger partial charge in [-0.3, -0.25) is 0 Å². The number of aromatic nitrogens is 1. The van der Waals surface area contributed by atoms with E-state index >= 15 is 0 Å². The Morgan fingerprint density at radius 2 is 1.94 bits per heavy atom. The number of phenolic OH excluding ortho intramolecular Hbond substituents is 1. The second kappa shape index (κ2) is 5.74. The first-order valence-corrected chi connectivity index (χ1v) is 6.36. The maximum Gasteiger partial charge on any atom is 0.115 e. The molecule has 0 amide bonds. The van der Waals surface area contributed by atoms with Gasteiger partial charge in [0.1, 0.15) is 5.75 Å². The van der Waals surface area contributed by atoms with Crippen LogP contribution in [0.25, 0.3) is 0 Å². The molecule has 0 radical (unpaired) electrons. The van der Waals surface area contributed by atoms with Crippen molar-refractivity contribution in [3.63, 3.8) is 0 Å². The Morgan fingerprint density at radius 3 is 2.61 bits per heavy atom. The number of rotatable bonds is 5. The first-order valence-electron chi connectivity index (χ1n) is 6.36. The second-order valence-corrected chi connectivity index (χ2v) is 4.67. The molecule has 0 bridgehead atoms. The average Bonchev–Trinajstić information content (AvgIpc) is 2.79. The lowest BCUT2D eigenvalue weighted by Gasteiger charge is -2.13. The topological polar surface area (TPSA) is 51.2 Å². The first kappa shape index (κ1) is 12.7. The summed E-state index contributed by atoms with van der Waals surface area (Å²) in [4.78, 5) is 0. The monoisotopic (exact) mass is 244 g/mol. The fourth-order valence-electron chi connectivity index (χ4n) is 2.00. The van der Waals surface area contributed by atoms with E-state index in [0.717, 1.165) is 19.4 Å². The minimum absolute atomic E-state index is 0.221. The van der Waals surface area contributed by atoms with E-state index in [1.54, 1.807) is 12.1 Å². The molecule has 0 aliphatic heterocycles. The molecule has 3 N–H and O–H groups in total. The van der Waals surface area contributed by atoms with Crippen LogP contribution in [0.4, 0.5) is 0 Å². The molecule has 1 heterocycles. The van der Waals surface area contributed by atoms with Gasteiger partial charge in [0, 0.05) is 30.9 Å². The number of hydrogen-bond donors (Lipinski definition) is 2. The lowest BCUT2D eigenvalue weighted by Crippen LogP contribution is -2.23. The molecule has 0 saturated carbocycles. The number of nitrogens with zero attached hydrogens (tertiary/aromatic N) is 1. The predicted octanol–water partition coefficient (Wildman–Crippen LogP) is 2.52. The molecule has 1 atom stereocenters. The van der Waals surface area contributed by atoms with Gasteiger partial charge < -0.3 is 15.4 Å². The first-order chi connectivity index (χ1) is 8.69. The SMILES string of the molecule is CCC(N)Cc1cccn1Cc1ccc(O)cc1. The van der Waals surface area contributed by atoms with Gasteiger partial charge in [-0.2, -0.15) is 0 Å². The quantitative estimate of drug-likeness (QED) is 0.849. The van der Waals surface area contributed by atoms with Crippen molar-refractivity contribution in [3.8, 4) is 5.75 Å². The largest absolute Gasteiger partial charge is 0.508 e. The highest BCUT2D eigenvalue weighted by Crippen LogP contribution is 2.13. The van der Waals surface area contributed by atoms with Crippen molar-refractivity contribution < 1.29 is 5.11 Å². The lowest BCUT2D eigenvalue weighted by molar-refractivity contribution is 0.475. The normalized spacial score (nSPS) is 12.6. The van der Waals surface area contributed by atoms with Gasteiger partial charge in [-0.05, 0) is 36.2 Å². The third kappa shape index (κ3) is 3.14. The molecule has 18 heavy (non-hydrogen) atoms. The number of nitrogens with two attached hydrogens (primary N) is 1. The maximum atomic E-state index is 9.26. The Morgan fingerprint density at radius 1 is 1.22 bits per heavy atom. The smallest absolute Gasteiger partial charge is 0.115 e. The molecule has 1 unspecified atom stereocenters. The molecule has 0 aliphatic carbocycles. The average molecular weight is 244 g/mol. The molecule has 0 fully saturated rings. The van der Waals surface area contributed by atoms with E-state index in [-0.39, 0.29) is 6.04 Å². The summed E-state index contributed by atoms with van der Waals surface area (Å²) in [5, 5.41) is 9.26. The van der Waals surface area contributed by atoms with Crippen LogP contribution < -0.4 is 5.73 Å². The summed E-state index contributed by atoms with van der Waals surface area (Å²) >= 11 is 0. The molecule has 1 aromatic carbocycles. The molecule has 2 rings (SSSR count). The standard InChI is InChI=1S/C15H20N2O/c1-2-13(16)10-14-4-3-9-17(14)11-12-5-7-15(18)8-6-12/h3-9,13,18H,2,10-11,16H2,1H3. The van der Waals surface area contributed by atoms with E-state index < -0.39 is 0 Å². The van der Waals surface area contributed by atoms with Gasteiger partial charge in [-0.15, -0.1) is 0 Å². The molecule has 96 valence electrons. The van der Waals surface area contributed by atoms with E-state index in [1.807, 2.05) is 12.1 Å². The van der Waals surface area contributed by atoms with E-state index in [2.05, 4.69) is 29.8 Å². The third-order valence-corrected chi connectivity index (χ3v) is 3.21. The maximum absolute atomic E-state index is 9.26. The fraction of sp³-hybridized carbons (Fsp3) is 0.333. The van der Waals surface area contributed by atoms with Crippen LogP contribution in [0.1, 0.15) is 24.6 Å². The Bertz CT molecular complexity index is 487. The summed E-state index contributed by atoms with van der Waals surface area (Å²) in [6, 6.07) is 11.7. The van der Waals surface area contributed by atoms with Gasteiger partial charge in [0.25, 0.3) is 0 Å². The summed E-state index contributed by atoms with van der Waals surface area (Å²) in [5.41, 5.74) is 8.44. The van der Waals surface area contributed by atoms with Crippen LogP contribution in [0, 0.1) is 0 Å². The predicted molar refractivity (Wildman–Crippen MR) is 73.6 cm³/mol. The van der Waals surface area contributed by atoms with Crippen LogP contribution in [0.15, 0.2) is 42.6 Å². The molecule has 0 spiro atoms. The van der Waals surface area contributed by atoms with Crippen LogP contribution in [-0.4, -0.2) is 15.7 Å². The molecular weight excluding hydrogens is 224 g/mol. The Labute approximate surface area is 108 Å². The summed E-state index contributed by atoms with van der Waals surface area (Å²) in [7, 11) is 0. The number of benzene rings is 1. The summed E-state index contributed by atoms with van der Waals surface area (Å²) in [6.07, 6.45) is 3.97. The molecule has 0 saturated heterocycles. The van der Waals surface area contributed by atoms with Gasteiger partial charge in [-0.1, -0.05) is 19.1 Å². The molecule has 1 aromatic heterocycles. The lowest BCUT2D eigenvalue weighted by atomic mass is 10.1. The molecule has 0 aliphatic rings. The van der Waals surface area contributed by atoms with Crippen LogP contribution in [0.5, 0.6) is 5.75 Å². The minimum atomic E-state index is 0.221. The van der Waals surface area contributed by atoms with Crippen molar-refractivity contribution in [1.29, 1.82) is 0 Å². The van der Waals surface area contributed by atoms with Crippen LogP contribution >= 0.6 is 0 Å². The molecule has 3 heteroatoms. The molecule has 2 aromatic rings. The highest BCUT2D eigenvalue weighted by Gasteiger charge is 2.06. The van der Waals surface area contributed by atoms with Gasteiger partial charge in [0.05, 0.1) is 0 Å². The minimum Gasteiger partial charge on any atom is -0.508 e. The summed E-state index contributed by atoms with van der Waals surface area (Å²) in [6.45, 7) is 2.93. The Kier molecular flexibility index (Phi) is 4.05. The molecule has 3 nitrogen and oxygen atoms in total. The van der Waals surface area contributed by atoms with Crippen molar-refractivity contribution in [3.05, 3.63) is 53.9 Å². The third-order valence-electron chi connectivity index (χ3n) is 3.21. The van der Waals surface area contributed by atoms with Crippen molar-refractivity contribution >= 4 is 0 Å². The van der Waals surface area contributed by atoms with E-state index in [4.69, 9.17) is 5.73 Å². The van der Waals surface area contributed by atoms with Crippen LogP contribution in [0.3, 0.4) is 0 Å². The van der Waals surface area contributed by atoms with Crippen molar-refractivity contribution in [1.82, 2.24) is 4.57 Å². The number of phenols is 1. The van der Waals surface area contributed by atoms with Crippen molar-refractivity contribution in [2.75, 3.05) is 0 Å². The zero-order valence-corrected chi connectivity index (χ0v) is 10.7. The highest BCUT2D eigenvalue weighted by atomic mass is 16.3. The number of aromatic hydroxyl groups is 1. The summed E-state index contributed by atoms with van der Waals surface area (Å²) in [5.74, 6) is 0.305. The van der Waals surface area contributed by atoms with E-state index in [9.17, 15) is 5.11 Å².